The quantitative estimate of drug-likeness (QED) is 0.891. The summed E-state index contributed by atoms with van der Waals surface area (Å²) in [4.78, 5) is 13.2. The van der Waals surface area contributed by atoms with Crippen molar-refractivity contribution in [2.45, 2.75) is 19.9 Å². The van der Waals surface area contributed by atoms with Crippen molar-refractivity contribution in [3.63, 3.8) is 0 Å². The Balaban J connectivity index is 2.18. The van der Waals surface area contributed by atoms with Gasteiger partial charge in [-0.05, 0) is 13.8 Å². The highest BCUT2D eigenvalue weighted by Crippen LogP contribution is 2.23. The molecule has 2 heterocycles. The first-order valence-corrected chi connectivity index (χ1v) is 6.31. The van der Waals surface area contributed by atoms with Crippen LogP contribution in [0.3, 0.4) is 0 Å². The summed E-state index contributed by atoms with van der Waals surface area (Å²) < 4.78 is 13.6. The lowest BCUT2D eigenvalue weighted by Crippen LogP contribution is -2.10. The third-order valence-electron chi connectivity index (χ3n) is 2.33. The summed E-state index contributed by atoms with van der Waals surface area (Å²) in [5.74, 6) is 0.0743. The number of nitrogens with zero attached hydrogens (tertiary/aromatic N) is 3. The fourth-order valence-electron chi connectivity index (χ4n) is 1.43. The number of halogens is 1. The number of thiazole rings is 1. The van der Waals surface area contributed by atoms with Crippen LogP contribution in [0.15, 0.2) is 12.4 Å². The van der Waals surface area contributed by atoms with E-state index in [1.807, 2.05) is 13.8 Å². The molecule has 2 rings (SSSR count). The van der Waals surface area contributed by atoms with E-state index in [1.165, 1.54) is 0 Å². The van der Waals surface area contributed by atoms with Gasteiger partial charge in [0.2, 0.25) is 5.95 Å². The molecule has 18 heavy (non-hydrogen) atoms. The van der Waals surface area contributed by atoms with Gasteiger partial charge in [0.25, 0.3) is 0 Å². The maximum absolute atomic E-state index is 13.6. The third kappa shape index (κ3) is 2.73. The second-order valence-corrected chi connectivity index (χ2v) is 5.08. The van der Waals surface area contributed by atoms with E-state index in [0.29, 0.717) is 5.95 Å². The third-order valence-corrected chi connectivity index (χ3v) is 3.43. The lowest BCUT2D eigenvalue weighted by Gasteiger charge is -2.12. The topological polar surface area (TPSA) is 62.7 Å². The zero-order valence-electron chi connectivity index (χ0n) is 10.4. The largest absolute Gasteiger partial charge is 0.359 e. The van der Waals surface area contributed by atoms with Gasteiger partial charge in [-0.15, -0.1) is 11.3 Å². The number of rotatable bonds is 4. The molecule has 0 aliphatic rings. The Hall–Kier alpha value is -1.76. The minimum absolute atomic E-state index is 0.0993. The Bertz CT molecular complexity index is 542. The van der Waals surface area contributed by atoms with E-state index in [0.717, 1.165) is 16.1 Å². The lowest BCUT2D eigenvalue weighted by molar-refractivity contribution is 0.614. The fourth-order valence-corrected chi connectivity index (χ4v) is 2.20. The molecule has 0 aliphatic carbocycles. The maximum Gasteiger partial charge on any atom is 0.224 e. The van der Waals surface area contributed by atoms with Crippen LogP contribution in [0.4, 0.5) is 16.2 Å². The summed E-state index contributed by atoms with van der Waals surface area (Å²) in [5.41, 5.74) is 0. The van der Waals surface area contributed by atoms with E-state index in [-0.39, 0.29) is 11.9 Å². The molecule has 96 valence electrons. The molecule has 1 unspecified atom stereocenters. The van der Waals surface area contributed by atoms with Crippen molar-refractivity contribution in [1.29, 1.82) is 0 Å². The number of anilines is 2. The summed E-state index contributed by atoms with van der Waals surface area (Å²) in [5, 5.41) is 6.67. The molecular weight excluding hydrogens is 253 g/mol. The van der Waals surface area contributed by atoms with Crippen LogP contribution in [0.5, 0.6) is 0 Å². The first kappa shape index (κ1) is 12.7. The van der Waals surface area contributed by atoms with E-state index in [1.54, 1.807) is 24.6 Å². The minimum Gasteiger partial charge on any atom is -0.359 e. The molecule has 0 bridgehead atoms. The van der Waals surface area contributed by atoms with Crippen molar-refractivity contribution in [3.8, 4) is 0 Å². The van der Waals surface area contributed by atoms with Crippen molar-refractivity contribution in [1.82, 2.24) is 15.0 Å². The zero-order valence-corrected chi connectivity index (χ0v) is 11.2. The molecule has 0 radical (unpaired) electrons. The molecule has 5 nitrogen and oxygen atoms in total. The summed E-state index contributed by atoms with van der Waals surface area (Å²) in [7, 11) is 1.69. The normalized spacial score (nSPS) is 12.2. The smallest absolute Gasteiger partial charge is 0.224 e. The number of hydrogen-bond donors (Lipinski definition) is 2. The molecule has 0 saturated carbocycles. The van der Waals surface area contributed by atoms with Crippen LogP contribution in [0, 0.1) is 12.7 Å². The van der Waals surface area contributed by atoms with Gasteiger partial charge in [0.15, 0.2) is 11.6 Å². The van der Waals surface area contributed by atoms with Gasteiger partial charge >= 0.3 is 0 Å². The predicted octanol–water partition coefficient (Wildman–Crippen LogP) is 2.60. The second-order valence-electron chi connectivity index (χ2n) is 3.82. The van der Waals surface area contributed by atoms with E-state index in [4.69, 9.17) is 0 Å². The Morgan fingerprint density at radius 1 is 1.33 bits per heavy atom. The molecule has 1 atom stereocenters. The molecule has 2 N–H and O–H groups in total. The molecule has 0 fully saturated rings. The van der Waals surface area contributed by atoms with Crippen LogP contribution in [-0.4, -0.2) is 22.0 Å². The highest BCUT2D eigenvalue weighted by molar-refractivity contribution is 7.11. The van der Waals surface area contributed by atoms with Crippen LogP contribution >= 0.6 is 11.3 Å². The maximum atomic E-state index is 13.6. The van der Waals surface area contributed by atoms with Gasteiger partial charge in [0.05, 0.1) is 12.2 Å². The summed E-state index contributed by atoms with van der Waals surface area (Å²) in [6.07, 6.45) is 2.94. The summed E-state index contributed by atoms with van der Waals surface area (Å²) in [6, 6.07) is -0.0993. The molecule has 0 spiro atoms. The molecule has 0 aliphatic heterocycles. The summed E-state index contributed by atoms with van der Waals surface area (Å²) >= 11 is 1.58. The molecule has 2 aromatic heterocycles. The zero-order chi connectivity index (χ0) is 13.1. The Labute approximate surface area is 109 Å². The molecule has 2 aromatic rings. The number of aryl methyl sites for hydroxylation is 1. The Morgan fingerprint density at radius 3 is 2.72 bits per heavy atom. The average molecular weight is 267 g/mol. The Morgan fingerprint density at radius 2 is 2.11 bits per heavy atom. The standard InChI is InChI=1S/C11H14FN5S/c1-6-4-14-10(18-6)7(2)16-9-8(12)5-15-11(13-3)17-9/h4-5,7H,1-3H3,(H2,13,15,16,17). The van der Waals surface area contributed by atoms with Crippen LogP contribution in [0.25, 0.3) is 0 Å². The molecule has 0 aromatic carbocycles. The van der Waals surface area contributed by atoms with Gasteiger partial charge in [-0.25, -0.2) is 14.4 Å². The van der Waals surface area contributed by atoms with Crippen LogP contribution in [0.1, 0.15) is 22.9 Å². The summed E-state index contributed by atoms with van der Waals surface area (Å²) in [6.45, 7) is 3.90. The van der Waals surface area contributed by atoms with Crippen molar-refractivity contribution in [2.75, 3.05) is 17.7 Å². The van der Waals surface area contributed by atoms with E-state index in [9.17, 15) is 4.39 Å². The van der Waals surface area contributed by atoms with Crippen molar-refractivity contribution in [2.24, 2.45) is 0 Å². The Kier molecular flexibility index (Phi) is 3.71. The van der Waals surface area contributed by atoms with Gasteiger partial charge < -0.3 is 10.6 Å². The van der Waals surface area contributed by atoms with E-state index >= 15 is 0 Å². The van der Waals surface area contributed by atoms with Gasteiger partial charge in [0, 0.05) is 18.1 Å². The first-order chi connectivity index (χ1) is 8.60. The predicted molar refractivity (Wildman–Crippen MR) is 70.4 cm³/mol. The molecule has 0 saturated heterocycles. The van der Waals surface area contributed by atoms with Crippen molar-refractivity contribution >= 4 is 23.1 Å². The van der Waals surface area contributed by atoms with Crippen LogP contribution in [0.2, 0.25) is 0 Å². The monoisotopic (exact) mass is 267 g/mol. The van der Waals surface area contributed by atoms with Crippen LogP contribution < -0.4 is 10.6 Å². The lowest BCUT2D eigenvalue weighted by atomic mass is 10.3. The fraction of sp³-hybridized carbons (Fsp3) is 0.364. The second kappa shape index (κ2) is 5.26. The van der Waals surface area contributed by atoms with Gasteiger partial charge in [-0.3, -0.25) is 0 Å². The highest BCUT2D eigenvalue weighted by atomic mass is 32.1. The molecule has 0 amide bonds. The van der Waals surface area contributed by atoms with E-state index < -0.39 is 5.82 Å². The van der Waals surface area contributed by atoms with Crippen LogP contribution in [-0.2, 0) is 0 Å². The van der Waals surface area contributed by atoms with Gasteiger partial charge in [-0.2, -0.15) is 4.98 Å². The molecule has 7 heteroatoms. The first-order valence-electron chi connectivity index (χ1n) is 5.49. The van der Waals surface area contributed by atoms with Crippen molar-refractivity contribution < 1.29 is 4.39 Å². The molecular formula is C11H14FN5S. The highest BCUT2D eigenvalue weighted by Gasteiger charge is 2.13. The number of aromatic nitrogens is 3. The number of hydrogen-bond acceptors (Lipinski definition) is 6. The van der Waals surface area contributed by atoms with Gasteiger partial charge in [0.1, 0.15) is 5.01 Å². The average Bonchev–Trinajstić information content (AvgIpc) is 2.79. The SMILES string of the molecule is CNc1ncc(F)c(NC(C)c2ncc(C)s2)n1. The van der Waals surface area contributed by atoms with Gasteiger partial charge in [-0.1, -0.05) is 0 Å². The van der Waals surface area contributed by atoms with Crippen molar-refractivity contribution in [3.05, 3.63) is 28.1 Å². The van der Waals surface area contributed by atoms with E-state index in [2.05, 4.69) is 25.6 Å². The minimum atomic E-state index is -0.478. The number of nitrogens with one attached hydrogen (secondary N) is 2.